The molecule has 2 rings (SSSR count). The molecule has 0 bridgehead atoms. The summed E-state index contributed by atoms with van der Waals surface area (Å²) in [5.74, 6) is 1.78. The van der Waals surface area contributed by atoms with Gasteiger partial charge in [-0.15, -0.1) is 0 Å². The predicted molar refractivity (Wildman–Crippen MR) is 86.8 cm³/mol. The minimum absolute atomic E-state index is 0.250. The molecule has 2 unspecified atom stereocenters. The van der Waals surface area contributed by atoms with E-state index in [1.165, 1.54) is 57.8 Å². The Kier molecular flexibility index (Phi) is 8.86. The van der Waals surface area contributed by atoms with E-state index in [2.05, 4.69) is 0 Å². The molecule has 0 aromatic rings. The summed E-state index contributed by atoms with van der Waals surface area (Å²) in [5, 5.41) is 8.93. The predicted octanol–water partition coefficient (Wildman–Crippen LogP) is 4.35. The molecule has 0 spiro atoms. The topological polar surface area (TPSA) is 20.2 Å². The van der Waals surface area contributed by atoms with Gasteiger partial charge in [-0.05, 0) is 50.9 Å². The molecule has 0 aromatic heterocycles. The lowest BCUT2D eigenvalue weighted by Gasteiger charge is -2.35. The highest BCUT2D eigenvalue weighted by Crippen LogP contribution is 2.38. The molecule has 0 aromatic carbocycles. The lowest BCUT2D eigenvalue weighted by molar-refractivity contribution is 0.257. The van der Waals surface area contributed by atoms with Gasteiger partial charge < -0.3 is 5.11 Å². The molecule has 18 heavy (non-hydrogen) atoms. The molecule has 3 heteroatoms. The van der Waals surface area contributed by atoms with Gasteiger partial charge in [0.2, 0.25) is 0 Å². The minimum atomic E-state index is 0.250. The molecule has 0 saturated heterocycles. The van der Waals surface area contributed by atoms with E-state index in [0.29, 0.717) is 10.5 Å². The summed E-state index contributed by atoms with van der Waals surface area (Å²) < 4.78 is 0. The molecule has 2 aliphatic rings. The third-order valence-corrected chi connectivity index (χ3v) is 5.70. The maximum atomic E-state index is 7.57. The fourth-order valence-corrected chi connectivity index (χ4v) is 4.22. The minimum Gasteiger partial charge on any atom is -0.397 e. The Bertz CT molecular complexity index is 191. The van der Waals surface area contributed by atoms with Crippen LogP contribution in [0, 0.1) is 11.8 Å². The maximum Gasteiger partial charge on any atom is 0.0402 e. The van der Waals surface area contributed by atoms with Crippen LogP contribution in [0.4, 0.5) is 0 Å². The molecule has 2 saturated carbocycles. The van der Waals surface area contributed by atoms with E-state index in [0.717, 1.165) is 11.8 Å². The van der Waals surface area contributed by atoms with Gasteiger partial charge in [0.05, 0.1) is 0 Å². The summed E-state index contributed by atoms with van der Waals surface area (Å²) in [6.45, 7) is 1.93. The van der Waals surface area contributed by atoms with Crippen molar-refractivity contribution in [3.63, 3.8) is 0 Å². The summed E-state index contributed by atoms with van der Waals surface area (Å²) in [6.07, 6.45) is 12.6. The van der Waals surface area contributed by atoms with Crippen molar-refractivity contribution in [3.05, 3.63) is 0 Å². The van der Waals surface area contributed by atoms with Gasteiger partial charge in [-0.25, -0.2) is 0 Å². The largest absolute Gasteiger partial charge is 0.397 e. The van der Waals surface area contributed by atoms with Gasteiger partial charge in [-0.1, -0.05) is 25.7 Å². The molecule has 4 atom stereocenters. The zero-order chi connectivity index (χ0) is 13.4. The van der Waals surface area contributed by atoms with E-state index in [4.69, 9.17) is 30.4 Å². The quantitative estimate of drug-likeness (QED) is 0.646. The van der Waals surface area contributed by atoms with Crippen molar-refractivity contribution in [1.29, 1.82) is 0 Å². The number of aliphatic hydroxyl groups is 1. The van der Waals surface area contributed by atoms with Crippen molar-refractivity contribution in [3.8, 4) is 0 Å². The van der Waals surface area contributed by atoms with Gasteiger partial charge in [0.1, 0.15) is 0 Å². The molecule has 0 heterocycles. The lowest BCUT2D eigenvalue weighted by atomic mass is 9.77. The van der Waals surface area contributed by atoms with Crippen LogP contribution < -0.4 is 0 Å². The second-order valence-corrected chi connectivity index (χ2v) is 7.10. The van der Waals surface area contributed by atoms with E-state index in [1.807, 2.05) is 0 Å². The number of hydrogen-bond donors (Lipinski definition) is 3. The van der Waals surface area contributed by atoms with Crippen LogP contribution in [0.25, 0.3) is 0 Å². The summed E-state index contributed by atoms with van der Waals surface area (Å²) in [7, 11) is 0. The van der Waals surface area contributed by atoms with Gasteiger partial charge in [-0.3, -0.25) is 0 Å². The van der Waals surface area contributed by atoms with Crippen molar-refractivity contribution in [2.75, 3.05) is 6.61 Å². The van der Waals surface area contributed by atoms with Crippen LogP contribution in [0.1, 0.15) is 64.7 Å². The second-order valence-electron chi connectivity index (χ2n) is 5.78. The SMILES string of the molecule is CCO.S[C@@H]1CCCCC1CC1CCCC[C@@H]1S. The molecule has 0 amide bonds. The fraction of sp³-hybridized carbons (Fsp3) is 1.00. The molecule has 2 aliphatic carbocycles. The van der Waals surface area contributed by atoms with Gasteiger partial charge in [0.15, 0.2) is 0 Å². The van der Waals surface area contributed by atoms with Gasteiger partial charge in [0.25, 0.3) is 0 Å². The normalized spacial score (nSPS) is 36.7. The zero-order valence-corrected chi connectivity index (χ0v) is 13.5. The molecule has 2 fully saturated rings. The first-order chi connectivity index (χ1) is 8.69. The van der Waals surface area contributed by atoms with Gasteiger partial charge in [-0.2, -0.15) is 25.3 Å². The van der Waals surface area contributed by atoms with Gasteiger partial charge in [0, 0.05) is 17.1 Å². The Morgan fingerprint density at radius 2 is 1.17 bits per heavy atom. The first kappa shape index (κ1) is 16.7. The molecule has 0 radical (unpaired) electrons. The first-order valence-electron chi connectivity index (χ1n) is 7.66. The lowest BCUT2D eigenvalue weighted by Crippen LogP contribution is -2.28. The van der Waals surface area contributed by atoms with E-state index < -0.39 is 0 Å². The third-order valence-electron chi connectivity index (χ3n) is 4.34. The molecule has 1 nitrogen and oxygen atoms in total. The van der Waals surface area contributed by atoms with Crippen LogP contribution in [0.15, 0.2) is 0 Å². The highest BCUT2D eigenvalue weighted by atomic mass is 32.1. The summed E-state index contributed by atoms with van der Waals surface area (Å²) in [4.78, 5) is 0. The van der Waals surface area contributed by atoms with Crippen molar-refractivity contribution in [1.82, 2.24) is 0 Å². The Morgan fingerprint density at radius 3 is 1.50 bits per heavy atom. The summed E-state index contributed by atoms with van der Waals surface area (Å²) in [6, 6.07) is 0. The van der Waals surface area contributed by atoms with Crippen LogP contribution in [-0.4, -0.2) is 22.2 Å². The summed E-state index contributed by atoms with van der Waals surface area (Å²) in [5.41, 5.74) is 0. The number of thiol groups is 2. The van der Waals surface area contributed by atoms with Crippen molar-refractivity contribution >= 4 is 25.3 Å². The third kappa shape index (κ3) is 5.75. The fourth-order valence-electron chi connectivity index (χ4n) is 3.31. The van der Waals surface area contributed by atoms with Crippen LogP contribution in [0.3, 0.4) is 0 Å². The number of aliphatic hydroxyl groups excluding tert-OH is 1. The standard InChI is InChI=1S/C13H24S2.C2H6O/c14-12-7-3-1-5-10(12)9-11-6-2-4-8-13(11)15;1-2-3/h10-15H,1-9H2;3H,2H2,1H3/t10?,11?,12-,13+;. The second kappa shape index (κ2) is 9.55. The van der Waals surface area contributed by atoms with Crippen molar-refractivity contribution in [2.45, 2.75) is 75.2 Å². The molecular formula is C15H30OS2. The maximum absolute atomic E-state index is 7.57. The Morgan fingerprint density at radius 1 is 0.833 bits per heavy atom. The smallest absolute Gasteiger partial charge is 0.0402 e. The number of rotatable bonds is 2. The molecular weight excluding hydrogens is 260 g/mol. The van der Waals surface area contributed by atoms with Crippen molar-refractivity contribution < 1.29 is 5.11 Å². The zero-order valence-electron chi connectivity index (χ0n) is 11.7. The average molecular weight is 291 g/mol. The molecule has 108 valence electrons. The first-order valence-corrected chi connectivity index (χ1v) is 8.69. The van der Waals surface area contributed by atoms with E-state index >= 15 is 0 Å². The monoisotopic (exact) mass is 290 g/mol. The highest BCUT2D eigenvalue weighted by Gasteiger charge is 2.29. The van der Waals surface area contributed by atoms with E-state index in [1.54, 1.807) is 6.92 Å². The Labute approximate surface area is 124 Å². The van der Waals surface area contributed by atoms with E-state index in [-0.39, 0.29) is 6.61 Å². The highest BCUT2D eigenvalue weighted by molar-refractivity contribution is 7.81. The molecule has 0 aliphatic heterocycles. The van der Waals surface area contributed by atoms with Crippen LogP contribution in [-0.2, 0) is 0 Å². The van der Waals surface area contributed by atoms with Crippen LogP contribution in [0.2, 0.25) is 0 Å². The van der Waals surface area contributed by atoms with Crippen LogP contribution in [0.5, 0.6) is 0 Å². The van der Waals surface area contributed by atoms with Crippen molar-refractivity contribution in [2.24, 2.45) is 11.8 Å². The van der Waals surface area contributed by atoms with E-state index in [9.17, 15) is 0 Å². The summed E-state index contributed by atoms with van der Waals surface area (Å²) >= 11 is 9.52. The number of hydrogen-bond acceptors (Lipinski definition) is 3. The average Bonchev–Trinajstić information content (AvgIpc) is 2.36. The van der Waals surface area contributed by atoms with Crippen LogP contribution >= 0.6 is 25.3 Å². The van der Waals surface area contributed by atoms with Gasteiger partial charge >= 0.3 is 0 Å². The Hall–Kier alpha value is 0.660. The Balaban J connectivity index is 0.000000492. The molecule has 1 N–H and O–H groups in total.